The van der Waals surface area contributed by atoms with Crippen LogP contribution in [0.25, 0.3) is 0 Å². The second-order valence-electron chi connectivity index (χ2n) is 4.77. The molecule has 1 aromatic carbocycles. The molecular weight excluding hydrogens is 219 g/mol. The van der Waals surface area contributed by atoms with E-state index in [0.717, 1.165) is 31.6 Å². The molecule has 0 N–H and O–H groups in total. The van der Waals surface area contributed by atoms with Gasteiger partial charge in [0.25, 0.3) is 0 Å². The van der Waals surface area contributed by atoms with E-state index >= 15 is 0 Å². The summed E-state index contributed by atoms with van der Waals surface area (Å²) in [4.78, 5) is 0. The minimum atomic E-state index is -0.239. The van der Waals surface area contributed by atoms with Crippen molar-refractivity contribution in [1.29, 1.82) is 0 Å². The van der Waals surface area contributed by atoms with Crippen LogP contribution in [0.4, 0.5) is 4.39 Å². The molecule has 1 aromatic rings. The van der Waals surface area contributed by atoms with E-state index in [1.54, 1.807) is 0 Å². The fourth-order valence-electron chi connectivity index (χ4n) is 2.06. The zero-order chi connectivity index (χ0) is 12.3. The monoisotopic (exact) mass is 238 g/mol. The number of ether oxygens (including phenoxy) is 2. The molecule has 0 atom stereocenters. The van der Waals surface area contributed by atoms with Crippen LogP contribution in [0.15, 0.2) is 18.2 Å². The Morgan fingerprint density at radius 1 is 1.29 bits per heavy atom. The standard InChI is InChI=1S/C14H19FO2/c1-10(2)13-4-3-11(15)9-14(13)17-12-5-7-16-8-6-12/h3-4,9-10,12H,5-8H2,1-2H3. The van der Waals surface area contributed by atoms with Crippen molar-refractivity contribution in [3.63, 3.8) is 0 Å². The highest BCUT2D eigenvalue weighted by molar-refractivity contribution is 5.36. The Labute approximate surface area is 102 Å². The molecule has 0 aliphatic carbocycles. The van der Waals surface area contributed by atoms with Gasteiger partial charge in [-0.15, -0.1) is 0 Å². The van der Waals surface area contributed by atoms with Gasteiger partial charge < -0.3 is 9.47 Å². The lowest BCUT2D eigenvalue weighted by atomic mass is 10.0. The number of rotatable bonds is 3. The first-order valence-corrected chi connectivity index (χ1v) is 6.20. The number of benzene rings is 1. The van der Waals surface area contributed by atoms with E-state index in [9.17, 15) is 4.39 Å². The predicted octanol–water partition coefficient (Wildman–Crippen LogP) is 3.51. The molecular formula is C14H19FO2. The van der Waals surface area contributed by atoms with Crippen LogP contribution < -0.4 is 4.74 Å². The maximum absolute atomic E-state index is 13.3. The summed E-state index contributed by atoms with van der Waals surface area (Å²) in [7, 11) is 0. The highest BCUT2D eigenvalue weighted by Crippen LogP contribution is 2.29. The molecule has 2 rings (SSSR count). The molecule has 1 saturated heterocycles. The average Bonchev–Trinajstić information content (AvgIpc) is 2.30. The third-order valence-electron chi connectivity index (χ3n) is 3.06. The lowest BCUT2D eigenvalue weighted by molar-refractivity contribution is 0.0250. The molecule has 1 heterocycles. The molecule has 1 aliphatic heterocycles. The van der Waals surface area contributed by atoms with Gasteiger partial charge in [0.05, 0.1) is 13.2 Å². The van der Waals surface area contributed by atoms with Crippen LogP contribution in [0.3, 0.4) is 0 Å². The lowest BCUT2D eigenvalue weighted by Crippen LogP contribution is -2.26. The van der Waals surface area contributed by atoms with Crippen molar-refractivity contribution in [3.05, 3.63) is 29.6 Å². The van der Waals surface area contributed by atoms with E-state index in [0.29, 0.717) is 11.7 Å². The fraction of sp³-hybridized carbons (Fsp3) is 0.571. The Hall–Kier alpha value is -1.09. The van der Waals surface area contributed by atoms with E-state index < -0.39 is 0 Å². The molecule has 0 radical (unpaired) electrons. The number of hydrogen-bond acceptors (Lipinski definition) is 2. The van der Waals surface area contributed by atoms with Crippen molar-refractivity contribution in [3.8, 4) is 5.75 Å². The molecule has 0 spiro atoms. The first-order valence-electron chi connectivity index (χ1n) is 6.20. The van der Waals surface area contributed by atoms with Gasteiger partial charge in [0.1, 0.15) is 17.7 Å². The van der Waals surface area contributed by atoms with Gasteiger partial charge in [-0.3, -0.25) is 0 Å². The van der Waals surface area contributed by atoms with E-state index in [-0.39, 0.29) is 11.9 Å². The first kappa shape index (κ1) is 12.4. The summed E-state index contributed by atoms with van der Waals surface area (Å²) in [6, 6.07) is 4.80. The Bertz CT molecular complexity index is 370. The SMILES string of the molecule is CC(C)c1ccc(F)cc1OC1CCOCC1. The van der Waals surface area contributed by atoms with Crippen LogP contribution in [0.5, 0.6) is 5.75 Å². The zero-order valence-corrected chi connectivity index (χ0v) is 10.4. The quantitative estimate of drug-likeness (QED) is 0.802. The van der Waals surface area contributed by atoms with Crippen molar-refractivity contribution < 1.29 is 13.9 Å². The predicted molar refractivity (Wildman–Crippen MR) is 65.0 cm³/mol. The molecule has 17 heavy (non-hydrogen) atoms. The fourth-order valence-corrected chi connectivity index (χ4v) is 2.06. The summed E-state index contributed by atoms with van der Waals surface area (Å²) in [5.74, 6) is 0.786. The molecule has 94 valence electrons. The minimum absolute atomic E-state index is 0.156. The normalized spacial score (nSPS) is 17.4. The lowest BCUT2D eigenvalue weighted by Gasteiger charge is -2.25. The maximum Gasteiger partial charge on any atom is 0.126 e. The van der Waals surface area contributed by atoms with Gasteiger partial charge in [-0.25, -0.2) is 4.39 Å². The van der Waals surface area contributed by atoms with Gasteiger partial charge >= 0.3 is 0 Å². The van der Waals surface area contributed by atoms with Crippen LogP contribution >= 0.6 is 0 Å². The van der Waals surface area contributed by atoms with Gasteiger partial charge in [0.15, 0.2) is 0 Å². The minimum Gasteiger partial charge on any atom is -0.490 e. The van der Waals surface area contributed by atoms with Crippen LogP contribution in [-0.4, -0.2) is 19.3 Å². The zero-order valence-electron chi connectivity index (χ0n) is 10.4. The number of halogens is 1. The van der Waals surface area contributed by atoms with Crippen molar-refractivity contribution in [2.24, 2.45) is 0 Å². The van der Waals surface area contributed by atoms with Gasteiger partial charge in [0, 0.05) is 18.9 Å². The molecule has 0 aromatic heterocycles. The second-order valence-corrected chi connectivity index (χ2v) is 4.77. The van der Waals surface area contributed by atoms with Crippen LogP contribution in [0.2, 0.25) is 0 Å². The molecule has 1 fully saturated rings. The summed E-state index contributed by atoms with van der Waals surface area (Å²) in [6.45, 7) is 5.64. The summed E-state index contributed by atoms with van der Waals surface area (Å²) in [6.07, 6.45) is 1.92. The van der Waals surface area contributed by atoms with Crippen molar-refractivity contribution >= 4 is 0 Å². The van der Waals surface area contributed by atoms with Gasteiger partial charge in [0.2, 0.25) is 0 Å². The molecule has 0 bridgehead atoms. The van der Waals surface area contributed by atoms with Crippen LogP contribution in [-0.2, 0) is 4.74 Å². The molecule has 1 aliphatic rings. The molecule has 0 unspecified atom stereocenters. The van der Waals surface area contributed by atoms with Crippen molar-refractivity contribution in [1.82, 2.24) is 0 Å². The Morgan fingerprint density at radius 2 is 2.00 bits per heavy atom. The Kier molecular flexibility index (Phi) is 4.00. The summed E-state index contributed by atoms with van der Waals surface area (Å²) in [5.41, 5.74) is 1.07. The smallest absolute Gasteiger partial charge is 0.126 e. The van der Waals surface area contributed by atoms with Gasteiger partial charge in [-0.1, -0.05) is 19.9 Å². The average molecular weight is 238 g/mol. The van der Waals surface area contributed by atoms with Crippen LogP contribution in [0.1, 0.15) is 38.2 Å². The van der Waals surface area contributed by atoms with E-state index in [4.69, 9.17) is 9.47 Å². The highest BCUT2D eigenvalue weighted by Gasteiger charge is 2.18. The molecule has 3 heteroatoms. The highest BCUT2D eigenvalue weighted by atomic mass is 19.1. The van der Waals surface area contributed by atoms with E-state index in [2.05, 4.69) is 13.8 Å². The Balaban J connectivity index is 2.14. The third kappa shape index (κ3) is 3.19. The molecule has 0 saturated carbocycles. The largest absolute Gasteiger partial charge is 0.490 e. The molecule has 0 amide bonds. The number of hydrogen-bond donors (Lipinski definition) is 0. The second kappa shape index (κ2) is 5.50. The first-order chi connectivity index (χ1) is 8.16. The molecule has 2 nitrogen and oxygen atoms in total. The van der Waals surface area contributed by atoms with Crippen molar-refractivity contribution in [2.75, 3.05) is 13.2 Å². The Morgan fingerprint density at radius 3 is 2.65 bits per heavy atom. The van der Waals surface area contributed by atoms with E-state index in [1.807, 2.05) is 6.07 Å². The summed E-state index contributed by atoms with van der Waals surface area (Å²) < 4.78 is 24.5. The van der Waals surface area contributed by atoms with Crippen LogP contribution in [0, 0.1) is 5.82 Å². The third-order valence-corrected chi connectivity index (χ3v) is 3.06. The summed E-state index contributed by atoms with van der Waals surface area (Å²) in [5, 5.41) is 0. The van der Waals surface area contributed by atoms with Gasteiger partial charge in [-0.05, 0) is 17.5 Å². The summed E-state index contributed by atoms with van der Waals surface area (Å²) >= 11 is 0. The van der Waals surface area contributed by atoms with Gasteiger partial charge in [-0.2, -0.15) is 0 Å². The van der Waals surface area contributed by atoms with E-state index in [1.165, 1.54) is 12.1 Å². The van der Waals surface area contributed by atoms with Crippen molar-refractivity contribution in [2.45, 2.75) is 38.7 Å². The topological polar surface area (TPSA) is 18.5 Å². The maximum atomic E-state index is 13.3.